The van der Waals surface area contributed by atoms with Crippen LogP contribution in [0.2, 0.25) is 0 Å². The lowest BCUT2D eigenvalue weighted by Gasteiger charge is -2.47. The van der Waals surface area contributed by atoms with E-state index in [4.69, 9.17) is 14.2 Å². The molecular weight excluding hydrogens is 401 g/mol. The number of ether oxygens (including phenoxy) is 3. The molecule has 3 aliphatic rings. The predicted octanol–water partition coefficient (Wildman–Crippen LogP) is 5.20. The topological polar surface area (TPSA) is 39.7 Å². The van der Waals surface area contributed by atoms with Gasteiger partial charge < -0.3 is 19.5 Å². The molecule has 0 unspecified atom stereocenters. The van der Waals surface area contributed by atoms with Gasteiger partial charge in [-0.05, 0) is 56.3 Å². The van der Waals surface area contributed by atoms with E-state index in [1.54, 1.807) is 23.5 Å². The van der Waals surface area contributed by atoms with Gasteiger partial charge in [-0.2, -0.15) is 0 Å². The van der Waals surface area contributed by atoms with Crippen LogP contribution in [0.5, 0.6) is 11.5 Å². The smallest absolute Gasteiger partial charge is 0.176 e. The number of halogens is 1. The largest absolute Gasteiger partial charge is 0.485 e. The van der Waals surface area contributed by atoms with Crippen molar-refractivity contribution in [1.29, 1.82) is 0 Å². The van der Waals surface area contributed by atoms with Gasteiger partial charge in [-0.1, -0.05) is 25.0 Å². The van der Waals surface area contributed by atoms with Crippen molar-refractivity contribution in [2.75, 3.05) is 26.4 Å². The first-order valence-corrected chi connectivity index (χ1v) is 12.0. The van der Waals surface area contributed by atoms with Gasteiger partial charge >= 0.3 is 0 Å². The van der Waals surface area contributed by atoms with E-state index in [1.807, 2.05) is 17.5 Å². The van der Waals surface area contributed by atoms with E-state index in [0.717, 1.165) is 63.3 Å². The standard InChI is InChI=1S/C24H30FNO3S/c25-19-5-3-18(4-6-19)23(10-12-29-24(17-23)7-1-2-8-24)9-11-26-15-21-22-20(16-30-21)27-13-14-28-22/h3-6,16,26H,1-2,7-15,17H2/t23-/m1/s1. The molecule has 1 spiro atoms. The molecule has 1 saturated heterocycles. The molecule has 2 fully saturated rings. The summed E-state index contributed by atoms with van der Waals surface area (Å²) in [4.78, 5) is 1.19. The third-order valence-electron chi connectivity index (χ3n) is 7.06. The molecule has 0 radical (unpaired) electrons. The van der Waals surface area contributed by atoms with Gasteiger partial charge in [-0.3, -0.25) is 0 Å². The minimum absolute atomic E-state index is 0.0185. The van der Waals surface area contributed by atoms with Crippen molar-refractivity contribution in [1.82, 2.24) is 5.32 Å². The van der Waals surface area contributed by atoms with Crippen LogP contribution in [0.3, 0.4) is 0 Å². The summed E-state index contributed by atoms with van der Waals surface area (Å²) in [6, 6.07) is 7.20. The molecule has 3 heterocycles. The molecule has 1 aliphatic carbocycles. The van der Waals surface area contributed by atoms with Crippen LogP contribution in [0.25, 0.3) is 0 Å². The first-order valence-electron chi connectivity index (χ1n) is 11.1. The van der Waals surface area contributed by atoms with E-state index in [1.165, 1.54) is 23.3 Å². The van der Waals surface area contributed by atoms with Crippen LogP contribution in [0.15, 0.2) is 29.6 Å². The van der Waals surface area contributed by atoms with Gasteiger partial charge in [0.05, 0.1) is 10.5 Å². The Bertz CT molecular complexity index is 862. The maximum absolute atomic E-state index is 13.6. The van der Waals surface area contributed by atoms with Crippen LogP contribution in [0.4, 0.5) is 4.39 Å². The van der Waals surface area contributed by atoms with Crippen LogP contribution in [0.1, 0.15) is 55.4 Å². The summed E-state index contributed by atoms with van der Waals surface area (Å²) < 4.78 is 31.4. The van der Waals surface area contributed by atoms with Crippen LogP contribution in [0, 0.1) is 5.82 Å². The molecule has 2 aliphatic heterocycles. The van der Waals surface area contributed by atoms with E-state index in [9.17, 15) is 4.39 Å². The van der Waals surface area contributed by atoms with Crippen molar-refractivity contribution in [2.24, 2.45) is 0 Å². The highest BCUT2D eigenvalue weighted by Crippen LogP contribution is 2.50. The monoisotopic (exact) mass is 431 g/mol. The normalized spacial score (nSPS) is 25.0. The predicted molar refractivity (Wildman–Crippen MR) is 116 cm³/mol. The van der Waals surface area contributed by atoms with Gasteiger partial charge in [-0.25, -0.2) is 4.39 Å². The van der Waals surface area contributed by atoms with Gasteiger partial charge in [0.25, 0.3) is 0 Å². The molecule has 1 aromatic carbocycles. The van der Waals surface area contributed by atoms with Gasteiger partial charge in [0, 0.05) is 23.9 Å². The Morgan fingerprint density at radius 1 is 1.00 bits per heavy atom. The lowest BCUT2D eigenvalue weighted by atomic mass is 9.66. The highest BCUT2D eigenvalue weighted by atomic mass is 32.1. The van der Waals surface area contributed by atoms with Crippen molar-refractivity contribution in [3.8, 4) is 11.5 Å². The third kappa shape index (κ3) is 3.97. The molecule has 30 heavy (non-hydrogen) atoms. The van der Waals surface area contributed by atoms with Gasteiger partial charge in [-0.15, -0.1) is 11.3 Å². The molecule has 0 bridgehead atoms. The Hall–Kier alpha value is -1.63. The fourth-order valence-electron chi connectivity index (χ4n) is 5.53. The number of benzene rings is 1. The fraction of sp³-hybridized carbons (Fsp3) is 0.583. The fourth-order valence-corrected chi connectivity index (χ4v) is 6.41. The van der Waals surface area contributed by atoms with E-state index < -0.39 is 0 Å². The van der Waals surface area contributed by atoms with Gasteiger partial charge in [0.2, 0.25) is 0 Å². The van der Waals surface area contributed by atoms with E-state index in [2.05, 4.69) is 5.32 Å². The first kappa shape index (κ1) is 20.3. The van der Waals surface area contributed by atoms with Crippen molar-refractivity contribution in [3.63, 3.8) is 0 Å². The molecule has 1 N–H and O–H groups in total. The summed E-state index contributed by atoms with van der Waals surface area (Å²) in [5, 5.41) is 5.67. The second-order valence-electron chi connectivity index (χ2n) is 8.93. The van der Waals surface area contributed by atoms with E-state index in [-0.39, 0.29) is 16.8 Å². The zero-order valence-corrected chi connectivity index (χ0v) is 18.2. The number of nitrogens with one attached hydrogen (secondary N) is 1. The van der Waals surface area contributed by atoms with Crippen molar-refractivity contribution in [2.45, 2.75) is 62.5 Å². The second-order valence-corrected chi connectivity index (χ2v) is 9.89. The summed E-state index contributed by atoms with van der Waals surface area (Å²) in [6.07, 6.45) is 7.87. The minimum Gasteiger partial charge on any atom is -0.485 e. The summed E-state index contributed by atoms with van der Waals surface area (Å²) in [7, 11) is 0. The Morgan fingerprint density at radius 3 is 2.63 bits per heavy atom. The zero-order valence-electron chi connectivity index (χ0n) is 17.4. The number of fused-ring (bicyclic) bond motifs is 1. The maximum Gasteiger partial charge on any atom is 0.176 e. The maximum atomic E-state index is 13.6. The highest BCUT2D eigenvalue weighted by Gasteiger charge is 2.47. The van der Waals surface area contributed by atoms with Crippen LogP contribution >= 0.6 is 11.3 Å². The summed E-state index contributed by atoms with van der Waals surface area (Å²) in [5.41, 5.74) is 1.31. The molecule has 1 aromatic heterocycles. The molecule has 5 rings (SSSR count). The zero-order chi connectivity index (χ0) is 20.4. The highest BCUT2D eigenvalue weighted by molar-refractivity contribution is 7.10. The van der Waals surface area contributed by atoms with Crippen LogP contribution < -0.4 is 14.8 Å². The van der Waals surface area contributed by atoms with E-state index >= 15 is 0 Å². The van der Waals surface area contributed by atoms with Crippen LogP contribution in [-0.2, 0) is 16.7 Å². The SMILES string of the molecule is Fc1ccc([C@]2(CCNCc3scc4c3OCCO4)CCOC3(CCCC3)C2)cc1. The molecular formula is C24H30FNO3S. The molecule has 4 nitrogen and oxygen atoms in total. The van der Waals surface area contributed by atoms with E-state index in [0.29, 0.717) is 13.2 Å². The van der Waals surface area contributed by atoms with Crippen molar-refractivity contribution < 1.29 is 18.6 Å². The molecule has 1 saturated carbocycles. The lowest BCUT2D eigenvalue weighted by molar-refractivity contribution is -0.103. The average molecular weight is 432 g/mol. The van der Waals surface area contributed by atoms with Crippen molar-refractivity contribution in [3.05, 3.63) is 45.9 Å². The lowest BCUT2D eigenvalue weighted by Crippen LogP contribution is -2.47. The van der Waals surface area contributed by atoms with Gasteiger partial charge in [0.15, 0.2) is 11.5 Å². The quantitative estimate of drug-likeness (QED) is 0.638. The molecule has 0 amide bonds. The first-order chi connectivity index (χ1) is 14.7. The summed E-state index contributed by atoms with van der Waals surface area (Å²) >= 11 is 1.69. The van der Waals surface area contributed by atoms with Crippen molar-refractivity contribution >= 4 is 11.3 Å². The minimum atomic E-state index is -0.167. The number of hydrogen-bond acceptors (Lipinski definition) is 5. The average Bonchev–Trinajstić information content (AvgIpc) is 3.39. The number of thiophene rings is 1. The summed E-state index contributed by atoms with van der Waals surface area (Å²) in [6.45, 7) is 3.72. The van der Waals surface area contributed by atoms with Gasteiger partial charge in [0.1, 0.15) is 19.0 Å². The van der Waals surface area contributed by atoms with Crippen LogP contribution in [-0.4, -0.2) is 32.0 Å². The third-order valence-corrected chi connectivity index (χ3v) is 8.01. The second kappa shape index (κ2) is 8.48. The molecule has 1 atom stereocenters. The Balaban J connectivity index is 1.29. The Morgan fingerprint density at radius 2 is 1.80 bits per heavy atom. The Labute approximate surface area is 181 Å². The molecule has 162 valence electrons. The number of hydrogen-bond donors (Lipinski definition) is 1. The number of rotatable bonds is 6. The Kier molecular flexibility index (Phi) is 5.73. The molecule has 6 heteroatoms. The molecule has 2 aromatic rings. The summed E-state index contributed by atoms with van der Waals surface area (Å²) in [5.74, 6) is 1.61.